The zero-order valence-electron chi connectivity index (χ0n) is 9.82. The number of rotatable bonds is 4. The molecule has 16 heavy (non-hydrogen) atoms. The van der Waals surface area contributed by atoms with Crippen molar-refractivity contribution in [2.75, 3.05) is 6.61 Å². The molecule has 0 aliphatic heterocycles. The van der Waals surface area contributed by atoms with Gasteiger partial charge < -0.3 is 9.72 Å². The Labute approximate surface area is 95.3 Å². The van der Waals surface area contributed by atoms with E-state index in [4.69, 9.17) is 4.74 Å². The molecule has 5 nitrogen and oxygen atoms in total. The lowest BCUT2D eigenvalue weighted by Gasteiger charge is -2.15. The summed E-state index contributed by atoms with van der Waals surface area (Å²) in [6, 6.07) is 1.11. The second kappa shape index (κ2) is 4.21. The molecule has 2 heterocycles. The van der Waals surface area contributed by atoms with E-state index in [-0.39, 0.29) is 0 Å². The number of aromatic nitrogens is 4. The van der Waals surface area contributed by atoms with Gasteiger partial charge in [-0.1, -0.05) is 19.6 Å². The summed E-state index contributed by atoms with van der Waals surface area (Å²) in [5.41, 5.74) is 1.43. The maximum atomic E-state index is 5.65. The van der Waals surface area contributed by atoms with Gasteiger partial charge in [0.05, 0.1) is 12.9 Å². The molecule has 0 unspecified atom stereocenters. The van der Waals surface area contributed by atoms with Crippen molar-refractivity contribution in [3.05, 3.63) is 12.7 Å². The fourth-order valence-corrected chi connectivity index (χ4v) is 2.02. The zero-order valence-corrected chi connectivity index (χ0v) is 10.8. The first kappa shape index (κ1) is 11.1. The van der Waals surface area contributed by atoms with Gasteiger partial charge in [0.2, 0.25) is 5.88 Å². The van der Waals surface area contributed by atoms with E-state index in [0.29, 0.717) is 18.0 Å². The minimum Gasteiger partial charge on any atom is -0.476 e. The molecule has 2 aromatic heterocycles. The van der Waals surface area contributed by atoms with Gasteiger partial charge in [-0.05, 0) is 6.04 Å². The number of ether oxygens (including phenoxy) is 1. The molecule has 6 heteroatoms. The smallest absolute Gasteiger partial charge is 0.245 e. The standard InChI is InChI=1S/C10H16N4OSi/c1-16(2,3)5-4-15-10-8-9(12-6-11-8)13-7-14-10/h6-7H,4-5H2,1-3H3,(H,11,12,13,14). The van der Waals surface area contributed by atoms with Crippen molar-refractivity contribution in [1.29, 1.82) is 0 Å². The molecule has 0 bridgehead atoms. The van der Waals surface area contributed by atoms with Crippen LogP contribution in [0.2, 0.25) is 25.7 Å². The highest BCUT2D eigenvalue weighted by Crippen LogP contribution is 2.18. The lowest BCUT2D eigenvalue weighted by molar-refractivity contribution is 0.328. The molecular weight excluding hydrogens is 220 g/mol. The van der Waals surface area contributed by atoms with Crippen LogP contribution in [0.5, 0.6) is 5.88 Å². The highest BCUT2D eigenvalue weighted by molar-refractivity contribution is 6.76. The van der Waals surface area contributed by atoms with E-state index in [9.17, 15) is 0 Å². The van der Waals surface area contributed by atoms with E-state index >= 15 is 0 Å². The summed E-state index contributed by atoms with van der Waals surface area (Å²) in [6.07, 6.45) is 3.09. The third-order valence-electron chi connectivity index (χ3n) is 2.27. The summed E-state index contributed by atoms with van der Waals surface area (Å²) in [5, 5.41) is 0. The van der Waals surface area contributed by atoms with Crippen LogP contribution in [-0.4, -0.2) is 34.6 Å². The van der Waals surface area contributed by atoms with Gasteiger partial charge in [-0.2, -0.15) is 4.98 Å². The van der Waals surface area contributed by atoms with Crippen LogP contribution in [0.1, 0.15) is 0 Å². The summed E-state index contributed by atoms with van der Waals surface area (Å²) in [4.78, 5) is 15.2. The van der Waals surface area contributed by atoms with E-state index in [1.54, 1.807) is 6.33 Å². The Hall–Kier alpha value is -1.43. The van der Waals surface area contributed by atoms with Gasteiger partial charge >= 0.3 is 0 Å². The molecule has 2 aromatic rings. The molecule has 0 aromatic carbocycles. The Morgan fingerprint density at radius 1 is 1.25 bits per heavy atom. The number of nitrogens with zero attached hydrogens (tertiary/aromatic N) is 3. The molecule has 0 aliphatic rings. The molecule has 0 fully saturated rings. The van der Waals surface area contributed by atoms with E-state index in [1.165, 1.54) is 6.33 Å². The van der Waals surface area contributed by atoms with Gasteiger partial charge in [-0.25, -0.2) is 9.97 Å². The first-order chi connectivity index (χ1) is 7.56. The molecule has 2 rings (SSSR count). The molecule has 0 spiro atoms. The number of fused-ring (bicyclic) bond motifs is 1. The molecule has 1 N–H and O–H groups in total. The van der Waals surface area contributed by atoms with Crippen LogP contribution in [0.3, 0.4) is 0 Å². The number of imidazole rings is 1. The average Bonchev–Trinajstić information content (AvgIpc) is 2.64. The van der Waals surface area contributed by atoms with Crippen molar-refractivity contribution < 1.29 is 4.74 Å². The van der Waals surface area contributed by atoms with Crippen molar-refractivity contribution in [1.82, 2.24) is 19.9 Å². The molecule has 0 atom stereocenters. The molecule has 0 amide bonds. The Balaban J connectivity index is 2.07. The van der Waals surface area contributed by atoms with Crippen LogP contribution in [0.25, 0.3) is 11.2 Å². The van der Waals surface area contributed by atoms with Crippen LogP contribution >= 0.6 is 0 Å². The maximum absolute atomic E-state index is 5.65. The van der Waals surface area contributed by atoms with E-state index in [2.05, 4.69) is 39.6 Å². The van der Waals surface area contributed by atoms with E-state index in [1.807, 2.05) is 0 Å². The normalized spacial score (nSPS) is 11.9. The van der Waals surface area contributed by atoms with Gasteiger partial charge in [0.15, 0.2) is 11.2 Å². The van der Waals surface area contributed by atoms with Crippen molar-refractivity contribution in [3.8, 4) is 5.88 Å². The van der Waals surface area contributed by atoms with Crippen LogP contribution in [0.4, 0.5) is 0 Å². The minimum absolute atomic E-state index is 0.574. The molecule has 0 aliphatic carbocycles. The van der Waals surface area contributed by atoms with Crippen LogP contribution in [0, 0.1) is 0 Å². The zero-order chi connectivity index (χ0) is 11.6. The Bertz CT molecular complexity index is 477. The van der Waals surface area contributed by atoms with Crippen LogP contribution in [-0.2, 0) is 0 Å². The molecular formula is C10H16N4OSi. The number of hydrogen-bond donors (Lipinski definition) is 1. The van der Waals surface area contributed by atoms with E-state index < -0.39 is 8.07 Å². The minimum atomic E-state index is -1.06. The number of nitrogens with one attached hydrogen (secondary N) is 1. The highest BCUT2D eigenvalue weighted by atomic mass is 28.3. The number of hydrogen-bond acceptors (Lipinski definition) is 4. The van der Waals surface area contributed by atoms with E-state index in [0.717, 1.165) is 11.7 Å². The second-order valence-corrected chi connectivity index (χ2v) is 10.6. The summed E-state index contributed by atoms with van der Waals surface area (Å²) in [6.45, 7) is 7.66. The molecule has 0 saturated heterocycles. The predicted octanol–water partition coefficient (Wildman–Crippen LogP) is 2.07. The Morgan fingerprint density at radius 3 is 2.81 bits per heavy atom. The molecule has 86 valence electrons. The first-order valence-corrected chi connectivity index (χ1v) is 9.04. The number of H-pyrrole nitrogens is 1. The van der Waals surface area contributed by atoms with Crippen LogP contribution in [0.15, 0.2) is 12.7 Å². The molecule has 0 saturated carbocycles. The number of aromatic amines is 1. The second-order valence-electron chi connectivity index (χ2n) is 4.94. The van der Waals surface area contributed by atoms with Gasteiger partial charge in [0, 0.05) is 8.07 Å². The van der Waals surface area contributed by atoms with Crippen molar-refractivity contribution >= 4 is 19.2 Å². The maximum Gasteiger partial charge on any atom is 0.245 e. The quantitative estimate of drug-likeness (QED) is 0.825. The predicted molar refractivity (Wildman–Crippen MR) is 65.3 cm³/mol. The SMILES string of the molecule is C[Si](C)(C)CCOc1ncnc2[nH]cnc12. The third-order valence-corrected chi connectivity index (χ3v) is 3.98. The van der Waals surface area contributed by atoms with Gasteiger partial charge in [-0.15, -0.1) is 0 Å². The van der Waals surface area contributed by atoms with Gasteiger partial charge in [0.1, 0.15) is 6.33 Å². The van der Waals surface area contributed by atoms with Crippen molar-refractivity contribution in [3.63, 3.8) is 0 Å². The Morgan fingerprint density at radius 2 is 2.06 bits per heavy atom. The lowest BCUT2D eigenvalue weighted by atomic mass is 10.5. The largest absolute Gasteiger partial charge is 0.476 e. The highest BCUT2D eigenvalue weighted by Gasteiger charge is 2.14. The third kappa shape index (κ3) is 2.57. The average molecular weight is 236 g/mol. The van der Waals surface area contributed by atoms with Gasteiger partial charge in [-0.3, -0.25) is 0 Å². The first-order valence-electron chi connectivity index (χ1n) is 5.33. The van der Waals surface area contributed by atoms with Crippen molar-refractivity contribution in [2.24, 2.45) is 0 Å². The fraction of sp³-hybridized carbons (Fsp3) is 0.500. The summed E-state index contributed by atoms with van der Waals surface area (Å²) in [7, 11) is -1.06. The topological polar surface area (TPSA) is 63.7 Å². The van der Waals surface area contributed by atoms with Gasteiger partial charge in [0.25, 0.3) is 0 Å². The molecule has 0 radical (unpaired) electrons. The van der Waals surface area contributed by atoms with Crippen LogP contribution < -0.4 is 4.74 Å². The van der Waals surface area contributed by atoms with Crippen molar-refractivity contribution in [2.45, 2.75) is 25.7 Å². The summed E-state index contributed by atoms with van der Waals surface area (Å²) >= 11 is 0. The monoisotopic (exact) mass is 236 g/mol. The Kier molecular flexibility index (Phi) is 2.91. The summed E-state index contributed by atoms with van der Waals surface area (Å²) in [5.74, 6) is 0.574. The fourth-order valence-electron chi connectivity index (χ4n) is 1.30. The summed E-state index contributed by atoms with van der Waals surface area (Å²) < 4.78 is 5.65. The lowest BCUT2D eigenvalue weighted by Crippen LogP contribution is -2.22.